The Labute approximate surface area is 106 Å². The number of nitrogens with one attached hydrogen (secondary N) is 1. The molecule has 0 radical (unpaired) electrons. The summed E-state index contributed by atoms with van der Waals surface area (Å²) in [6, 6.07) is 6.68. The van der Waals surface area contributed by atoms with E-state index in [0.717, 1.165) is 31.4 Å². The molecule has 1 aromatic rings. The first-order chi connectivity index (χ1) is 8.65. The standard InChI is InChI=1S/C13H18N2O3/c16-7-6-13(4-5-13)10-14-9-11-2-1-3-12(8-11)15(17)18/h1-3,8,14,16H,4-7,9-10H2. The molecule has 0 aliphatic heterocycles. The molecule has 5 heteroatoms. The van der Waals surface area contributed by atoms with E-state index in [1.54, 1.807) is 12.1 Å². The van der Waals surface area contributed by atoms with Crippen LogP contribution in [0.4, 0.5) is 5.69 Å². The SMILES string of the molecule is O=[N+]([O-])c1cccc(CNCC2(CCO)CC2)c1. The molecule has 0 spiro atoms. The number of hydrogen-bond donors (Lipinski definition) is 2. The zero-order valence-electron chi connectivity index (χ0n) is 10.3. The van der Waals surface area contributed by atoms with Gasteiger partial charge in [-0.2, -0.15) is 0 Å². The van der Waals surface area contributed by atoms with E-state index in [-0.39, 0.29) is 22.6 Å². The first kappa shape index (κ1) is 13.0. The second-order valence-electron chi connectivity index (χ2n) is 5.00. The Kier molecular flexibility index (Phi) is 3.93. The van der Waals surface area contributed by atoms with Gasteiger partial charge in [0.25, 0.3) is 5.69 Å². The van der Waals surface area contributed by atoms with E-state index in [1.807, 2.05) is 6.07 Å². The highest BCUT2D eigenvalue weighted by Crippen LogP contribution is 2.47. The van der Waals surface area contributed by atoms with Gasteiger partial charge in [-0.1, -0.05) is 12.1 Å². The van der Waals surface area contributed by atoms with Gasteiger partial charge in [-0.3, -0.25) is 10.1 Å². The minimum absolute atomic E-state index is 0.130. The van der Waals surface area contributed by atoms with Crippen LogP contribution in [0.15, 0.2) is 24.3 Å². The van der Waals surface area contributed by atoms with Crippen molar-refractivity contribution in [3.05, 3.63) is 39.9 Å². The van der Waals surface area contributed by atoms with Gasteiger partial charge in [-0.25, -0.2) is 0 Å². The van der Waals surface area contributed by atoms with Crippen molar-refractivity contribution in [1.29, 1.82) is 0 Å². The molecule has 0 aromatic heterocycles. The normalized spacial score (nSPS) is 16.5. The molecular weight excluding hydrogens is 232 g/mol. The lowest BCUT2D eigenvalue weighted by Crippen LogP contribution is -2.24. The van der Waals surface area contributed by atoms with Gasteiger partial charge in [0.1, 0.15) is 0 Å². The molecule has 0 unspecified atom stereocenters. The number of nitrogens with zero attached hydrogens (tertiary/aromatic N) is 1. The summed E-state index contributed by atoms with van der Waals surface area (Å²) >= 11 is 0. The van der Waals surface area contributed by atoms with Gasteiger partial charge in [0.2, 0.25) is 0 Å². The fraction of sp³-hybridized carbons (Fsp3) is 0.538. The summed E-state index contributed by atoms with van der Waals surface area (Å²) in [6.45, 7) is 1.74. The fourth-order valence-corrected chi connectivity index (χ4v) is 2.18. The summed E-state index contributed by atoms with van der Waals surface area (Å²) in [7, 11) is 0. The third kappa shape index (κ3) is 3.27. The van der Waals surface area contributed by atoms with Gasteiger partial charge in [-0.05, 0) is 30.2 Å². The Hall–Kier alpha value is -1.46. The molecule has 18 heavy (non-hydrogen) atoms. The third-order valence-electron chi connectivity index (χ3n) is 3.55. The Morgan fingerprint density at radius 1 is 1.44 bits per heavy atom. The number of rotatable bonds is 7. The lowest BCUT2D eigenvalue weighted by atomic mass is 10.0. The van der Waals surface area contributed by atoms with Gasteiger partial charge >= 0.3 is 0 Å². The summed E-state index contributed by atoms with van der Waals surface area (Å²) in [5.74, 6) is 0. The van der Waals surface area contributed by atoms with Crippen LogP contribution in [0.5, 0.6) is 0 Å². The second-order valence-corrected chi connectivity index (χ2v) is 5.00. The smallest absolute Gasteiger partial charge is 0.269 e. The maximum absolute atomic E-state index is 10.6. The lowest BCUT2D eigenvalue weighted by molar-refractivity contribution is -0.384. The molecule has 2 N–H and O–H groups in total. The van der Waals surface area contributed by atoms with E-state index < -0.39 is 0 Å². The van der Waals surface area contributed by atoms with Crippen molar-refractivity contribution < 1.29 is 10.0 Å². The van der Waals surface area contributed by atoms with Crippen LogP contribution in [0.25, 0.3) is 0 Å². The molecule has 1 aliphatic rings. The van der Waals surface area contributed by atoms with Gasteiger partial charge in [-0.15, -0.1) is 0 Å². The molecule has 5 nitrogen and oxygen atoms in total. The zero-order valence-corrected chi connectivity index (χ0v) is 10.3. The third-order valence-corrected chi connectivity index (χ3v) is 3.55. The summed E-state index contributed by atoms with van der Waals surface area (Å²) in [5, 5.41) is 22.9. The van der Waals surface area contributed by atoms with E-state index in [0.29, 0.717) is 6.54 Å². The molecule has 1 fully saturated rings. The average Bonchev–Trinajstić information content (AvgIpc) is 3.10. The van der Waals surface area contributed by atoms with Crippen LogP contribution in [0.3, 0.4) is 0 Å². The van der Waals surface area contributed by atoms with E-state index in [2.05, 4.69) is 5.32 Å². The molecule has 1 aliphatic carbocycles. The van der Waals surface area contributed by atoms with E-state index in [4.69, 9.17) is 5.11 Å². The van der Waals surface area contributed by atoms with Gasteiger partial charge in [0, 0.05) is 31.8 Å². The van der Waals surface area contributed by atoms with Crippen LogP contribution in [0, 0.1) is 15.5 Å². The number of non-ortho nitro benzene ring substituents is 1. The molecule has 0 saturated heterocycles. The van der Waals surface area contributed by atoms with Crippen molar-refractivity contribution in [1.82, 2.24) is 5.32 Å². The van der Waals surface area contributed by atoms with E-state index >= 15 is 0 Å². The monoisotopic (exact) mass is 250 g/mol. The van der Waals surface area contributed by atoms with Crippen molar-refractivity contribution in [2.45, 2.75) is 25.8 Å². The molecular formula is C13H18N2O3. The molecule has 2 rings (SSSR count). The van der Waals surface area contributed by atoms with Crippen LogP contribution < -0.4 is 5.32 Å². The Bertz CT molecular complexity index is 430. The molecule has 0 atom stereocenters. The van der Waals surface area contributed by atoms with Crippen LogP contribution in [-0.4, -0.2) is 23.2 Å². The van der Waals surface area contributed by atoms with Crippen LogP contribution >= 0.6 is 0 Å². The highest BCUT2D eigenvalue weighted by atomic mass is 16.6. The molecule has 98 valence electrons. The Morgan fingerprint density at radius 3 is 2.83 bits per heavy atom. The van der Waals surface area contributed by atoms with E-state index in [9.17, 15) is 10.1 Å². The van der Waals surface area contributed by atoms with Crippen molar-refractivity contribution in [3.8, 4) is 0 Å². The lowest BCUT2D eigenvalue weighted by Gasteiger charge is -2.14. The minimum atomic E-state index is -0.377. The molecule has 0 amide bonds. The molecule has 1 saturated carbocycles. The minimum Gasteiger partial charge on any atom is -0.396 e. The highest BCUT2D eigenvalue weighted by molar-refractivity contribution is 5.34. The van der Waals surface area contributed by atoms with Gasteiger partial charge in [0.05, 0.1) is 4.92 Å². The molecule has 0 heterocycles. The van der Waals surface area contributed by atoms with Crippen molar-refractivity contribution in [2.24, 2.45) is 5.41 Å². The number of nitro benzene ring substituents is 1. The largest absolute Gasteiger partial charge is 0.396 e. The number of nitro groups is 1. The van der Waals surface area contributed by atoms with Crippen LogP contribution in [0.1, 0.15) is 24.8 Å². The van der Waals surface area contributed by atoms with Crippen LogP contribution in [0.2, 0.25) is 0 Å². The van der Waals surface area contributed by atoms with Crippen LogP contribution in [-0.2, 0) is 6.54 Å². The first-order valence-corrected chi connectivity index (χ1v) is 6.20. The predicted molar refractivity (Wildman–Crippen MR) is 68.2 cm³/mol. The number of hydrogen-bond acceptors (Lipinski definition) is 4. The Balaban J connectivity index is 1.83. The maximum Gasteiger partial charge on any atom is 0.269 e. The topological polar surface area (TPSA) is 75.4 Å². The number of benzene rings is 1. The zero-order chi connectivity index (χ0) is 13.0. The fourth-order valence-electron chi connectivity index (χ4n) is 2.18. The van der Waals surface area contributed by atoms with Gasteiger partial charge < -0.3 is 10.4 Å². The van der Waals surface area contributed by atoms with Crippen molar-refractivity contribution in [3.63, 3.8) is 0 Å². The van der Waals surface area contributed by atoms with Crippen molar-refractivity contribution >= 4 is 5.69 Å². The van der Waals surface area contributed by atoms with Gasteiger partial charge in [0.15, 0.2) is 0 Å². The summed E-state index contributed by atoms with van der Waals surface area (Å²) in [6.07, 6.45) is 3.17. The molecule has 0 bridgehead atoms. The summed E-state index contributed by atoms with van der Waals surface area (Å²) in [5.41, 5.74) is 1.32. The van der Waals surface area contributed by atoms with Crippen molar-refractivity contribution in [2.75, 3.05) is 13.2 Å². The highest BCUT2D eigenvalue weighted by Gasteiger charge is 2.41. The first-order valence-electron chi connectivity index (χ1n) is 6.20. The second kappa shape index (κ2) is 5.46. The van der Waals surface area contributed by atoms with E-state index in [1.165, 1.54) is 6.07 Å². The Morgan fingerprint density at radius 2 is 2.22 bits per heavy atom. The summed E-state index contributed by atoms with van der Waals surface area (Å²) < 4.78 is 0. The average molecular weight is 250 g/mol. The summed E-state index contributed by atoms with van der Waals surface area (Å²) in [4.78, 5) is 10.3. The maximum atomic E-state index is 10.6. The predicted octanol–water partition coefficient (Wildman–Crippen LogP) is 1.85. The molecule has 1 aromatic carbocycles. The number of aliphatic hydroxyl groups excluding tert-OH is 1. The quantitative estimate of drug-likeness (QED) is 0.572. The number of aliphatic hydroxyl groups is 1.